The number of fused-ring (bicyclic) bond motifs is 2. The molecule has 0 spiro atoms. The highest BCUT2D eigenvalue weighted by Crippen LogP contribution is 2.20. The van der Waals surface area contributed by atoms with E-state index in [9.17, 15) is 8.42 Å². The summed E-state index contributed by atoms with van der Waals surface area (Å²) in [6.07, 6.45) is 5.69. The van der Waals surface area contributed by atoms with Gasteiger partial charge >= 0.3 is 0 Å². The van der Waals surface area contributed by atoms with E-state index in [1.165, 1.54) is 16.3 Å². The average Bonchev–Trinajstić information content (AvgIpc) is 4.14. The molecule has 326 valence electrons. The van der Waals surface area contributed by atoms with Crippen molar-refractivity contribution in [3.05, 3.63) is 96.4 Å². The van der Waals surface area contributed by atoms with Crippen molar-refractivity contribution in [2.45, 2.75) is 18.0 Å². The summed E-state index contributed by atoms with van der Waals surface area (Å²) in [6, 6.07) is 23.1. The molecular weight excluding hydrogens is 849 g/mol. The van der Waals surface area contributed by atoms with Gasteiger partial charge in [0, 0.05) is 38.0 Å². The lowest BCUT2D eigenvalue weighted by Crippen LogP contribution is -2.12. The first-order chi connectivity index (χ1) is 30.9. The molecule has 0 saturated carbocycles. The van der Waals surface area contributed by atoms with E-state index in [1.807, 2.05) is 50.5 Å². The first-order valence-electron chi connectivity index (χ1n) is 19.1. The zero-order valence-corrected chi connectivity index (χ0v) is 35.1. The van der Waals surface area contributed by atoms with Crippen molar-refractivity contribution in [3.8, 4) is 45.9 Å². The van der Waals surface area contributed by atoms with Gasteiger partial charge in [0.25, 0.3) is 16.7 Å². The summed E-state index contributed by atoms with van der Waals surface area (Å²) < 4.78 is 39.1. The SMILES string of the molecule is CS(=O)(=O)c1nc(N)n2nc(-c3ccco3)nc2n1.Cn1nnnc1-c1ccc(CCN)cc1.Cn1nnnc1-c1ccc(CCNc2nc(N)n3nc(-c4ccco4)nc3n2)cc1. The third-order valence-electron chi connectivity index (χ3n) is 9.06. The molecule has 0 radical (unpaired) electrons. The predicted molar refractivity (Wildman–Crippen MR) is 228 cm³/mol. The van der Waals surface area contributed by atoms with Gasteiger partial charge in [0.15, 0.2) is 23.2 Å². The van der Waals surface area contributed by atoms with E-state index in [0.717, 1.165) is 52.0 Å². The molecule has 26 nitrogen and oxygen atoms in total. The van der Waals surface area contributed by atoms with Crippen molar-refractivity contribution >= 4 is 39.2 Å². The van der Waals surface area contributed by atoms with Crippen LogP contribution in [0.5, 0.6) is 0 Å². The first kappa shape index (κ1) is 42.1. The van der Waals surface area contributed by atoms with E-state index in [0.29, 0.717) is 42.2 Å². The Morgan fingerprint density at radius 1 is 0.641 bits per heavy atom. The molecule has 0 atom stereocenters. The van der Waals surface area contributed by atoms with Crippen molar-refractivity contribution in [2.24, 2.45) is 19.8 Å². The molecule has 0 aliphatic carbocycles. The number of anilines is 3. The number of sulfone groups is 1. The van der Waals surface area contributed by atoms with Gasteiger partial charge in [-0.3, -0.25) is 0 Å². The van der Waals surface area contributed by atoms with Crippen molar-refractivity contribution in [2.75, 3.05) is 36.1 Å². The minimum absolute atomic E-state index is 0.0410. The Morgan fingerprint density at radius 3 is 1.59 bits per heavy atom. The molecule has 10 rings (SSSR count). The lowest BCUT2D eigenvalue weighted by molar-refractivity contribution is 0.577. The molecule has 8 aromatic heterocycles. The number of furan rings is 2. The zero-order chi connectivity index (χ0) is 44.8. The summed E-state index contributed by atoms with van der Waals surface area (Å²) in [5.74, 6) is 3.95. The third-order valence-corrected chi connectivity index (χ3v) is 9.90. The van der Waals surface area contributed by atoms with Gasteiger partial charge in [0.05, 0.1) is 12.5 Å². The summed E-state index contributed by atoms with van der Waals surface area (Å²) in [4.78, 5) is 24.5. The van der Waals surface area contributed by atoms with Crippen LogP contribution >= 0.6 is 0 Å². The van der Waals surface area contributed by atoms with E-state index >= 15 is 0 Å². The van der Waals surface area contributed by atoms with Crippen LogP contribution in [0.15, 0.2) is 99.3 Å². The minimum Gasteiger partial charge on any atom is -0.461 e. The van der Waals surface area contributed by atoms with E-state index in [4.69, 9.17) is 26.0 Å². The number of hydrogen-bond donors (Lipinski definition) is 4. The van der Waals surface area contributed by atoms with E-state index in [-0.39, 0.29) is 23.5 Å². The fourth-order valence-electron chi connectivity index (χ4n) is 5.93. The molecule has 0 aliphatic rings. The monoisotopic (exact) mass is 886 g/mol. The van der Waals surface area contributed by atoms with Crippen LogP contribution in [0.3, 0.4) is 0 Å². The van der Waals surface area contributed by atoms with Gasteiger partial charge in [-0.05, 0) is 75.6 Å². The van der Waals surface area contributed by atoms with Crippen molar-refractivity contribution < 1.29 is 17.3 Å². The molecule has 10 aromatic rings. The summed E-state index contributed by atoms with van der Waals surface area (Å²) in [7, 11) is 0.0627. The van der Waals surface area contributed by atoms with Crippen LogP contribution in [0.25, 0.3) is 57.5 Å². The highest BCUT2D eigenvalue weighted by molar-refractivity contribution is 7.90. The van der Waals surface area contributed by atoms with Gasteiger partial charge in [-0.25, -0.2) is 17.8 Å². The minimum atomic E-state index is -3.57. The second kappa shape index (κ2) is 18.2. The maximum atomic E-state index is 11.4. The fraction of sp³-hybridized carbons (Fsp3) is 0.189. The number of hydrogen-bond acceptors (Lipinski definition) is 22. The van der Waals surface area contributed by atoms with Crippen LogP contribution in [0.1, 0.15) is 11.1 Å². The molecule has 64 heavy (non-hydrogen) atoms. The maximum Gasteiger partial charge on any atom is 0.259 e. The topological polar surface area (TPSA) is 350 Å². The van der Waals surface area contributed by atoms with Crippen LogP contribution in [0, 0.1) is 0 Å². The molecule has 0 aliphatic heterocycles. The standard InChI is InChI=1S/C18H17N11O.C10H13N5.C9H8N6O3S/c1-28-15(24-26-27-28)12-6-4-11(5-7-12)8-9-20-17-22-16(19)29-18(23-17)21-14(25-29)13-3-2-10-30-13;1-15-10(12-13-14-15)9-4-2-8(3-5-9)6-7-11;1-19(16,17)9-12-7(10)15-8(13-9)11-6(14-15)5-3-2-4-18-5/h2-7,10H,8-9H2,1H3,(H3,19,20,21,22,23,25);2-5H,6-7,11H2,1H3;2-4H,1H3,(H2,10,11,12,13,14). The first-order valence-corrected chi connectivity index (χ1v) is 21.0. The molecule has 8 heterocycles. The largest absolute Gasteiger partial charge is 0.461 e. The molecule has 0 saturated heterocycles. The summed E-state index contributed by atoms with van der Waals surface area (Å²) >= 11 is 0. The number of nitrogens with two attached hydrogens (primary N) is 3. The fourth-order valence-corrected chi connectivity index (χ4v) is 6.44. The van der Waals surface area contributed by atoms with E-state index < -0.39 is 15.0 Å². The van der Waals surface area contributed by atoms with Crippen LogP contribution in [0.4, 0.5) is 17.8 Å². The van der Waals surface area contributed by atoms with Crippen molar-refractivity contribution in [1.82, 2.24) is 89.5 Å². The summed E-state index contributed by atoms with van der Waals surface area (Å²) in [5, 5.41) is 34.0. The van der Waals surface area contributed by atoms with Gasteiger partial charge in [0.1, 0.15) is 0 Å². The Hall–Kier alpha value is -8.59. The average molecular weight is 887 g/mol. The maximum absolute atomic E-state index is 11.4. The van der Waals surface area contributed by atoms with Crippen LogP contribution in [-0.4, -0.2) is 117 Å². The van der Waals surface area contributed by atoms with Crippen LogP contribution < -0.4 is 22.5 Å². The highest BCUT2D eigenvalue weighted by Gasteiger charge is 2.19. The lowest BCUT2D eigenvalue weighted by atomic mass is 10.1. The smallest absolute Gasteiger partial charge is 0.259 e. The van der Waals surface area contributed by atoms with Gasteiger partial charge < -0.3 is 31.4 Å². The molecule has 0 fully saturated rings. The number of nitrogen functional groups attached to an aromatic ring is 2. The molecule has 27 heteroatoms. The van der Waals surface area contributed by atoms with E-state index in [1.54, 1.807) is 39.9 Å². The Morgan fingerprint density at radius 2 is 1.14 bits per heavy atom. The number of aryl methyl sites for hydroxylation is 2. The Labute approximate surface area is 361 Å². The molecule has 0 amide bonds. The lowest BCUT2D eigenvalue weighted by Gasteiger charge is -2.06. The number of aromatic nitrogens is 18. The summed E-state index contributed by atoms with van der Waals surface area (Å²) in [6.45, 7) is 1.30. The third kappa shape index (κ3) is 9.48. The Kier molecular flexibility index (Phi) is 12.0. The van der Waals surface area contributed by atoms with Crippen LogP contribution in [0.2, 0.25) is 0 Å². The quantitative estimate of drug-likeness (QED) is 0.142. The Balaban J connectivity index is 0.000000141. The molecule has 7 N–H and O–H groups in total. The summed E-state index contributed by atoms with van der Waals surface area (Å²) in [5.41, 5.74) is 21.5. The van der Waals surface area contributed by atoms with Gasteiger partial charge in [-0.1, -0.05) is 48.5 Å². The molecule has 0 bridgehead atoms. The molecule has 2 aromatic carbocycles. The van der Waals surface area contributed by atoms with Gasteiger partial charge in [-0.2, -0.15) is 38.9 Å². The predicted octanol–water partition coefficient (Wildman–Crippen LogP) is 1.35. The number of benzene rings is 2. The number of nitrogens with zero attached hydrogens (tertiary/aromatic N) is 18. The van der Waals surface area contributed by atoms with Crippen LogP contribution in [-0.2, 0) is 36.8 Å². The normalized spacial score (nSPS) is 11.3. The second-order valence-electron chi connectivity index (χ2n) is 13.7. The van der Waals surface area contributed by atoms with Gasteiger partial charge in [0.2, 0.25) is 39.3 Å². The number of rotatable bonds is 11. The highest BCUT2D eigenvalue weighted by atomic mass is 32.2. The number of tetrazole rings is 2. The van der Waals surface area contributed by atoms with Crippen molar-refractivity contribution in [1.29, 1.82) is 0 Å². The second-order valence-corrected chi connectivity index (χ2v) is 15.6. The number of nitrogens with one attached hydrogen (secondary N) is 1. The Bertz CT molecular complexity index is 3230. The van der Waals surface area contributed by atoms with Gasteiger partial charge in [-0.15, -0.1) is 20.4 Å². The zero-order valence-electron chi connectivity index (χ0n) is 34.2. The van der Waals surface area contributed by atoms with E-state index in [2.05, 4.69) is 88.6 Å². The molecule has 0 unspecified atom stereocenters. The molecular formula is C37H38N22O4S. The van der Waals surface area contributed by atoms with Crippen molar-refractivity contribution in [3.63, 3.8) is 0 Å².